The minimum absolute atomic E-state index is 0.0542. The van der Waals surface area contributed by atoms with Gasteiger partial charge in [-0.2, -0.15) is 0 Å². The highest BCUT2D eigenvalue weighted by atomic mass is 79.9. The highest BCUT2D eigenvalue weighted by Crippen LogP contribution is 2.33. The van der Waals surface area contributed by atoms with Gasteiger partial charge in [-0.05, 0) is 60.5 Å². The standard InChI is InChI=1S/C30H49BrN2O8SSi2/c1-23-17-25(10-11-26(23)31)40-20-30(35)32-19-28(34)24-9-12-29(41-22-39-14-16-44(6,7)8)27(18-24)33(42(2,36)37)21-38-13-15-43(3,4)5/h9-12,17-18,28,34H,13-16,19-22H2,1-8H3,(H,32,35)/t28-/m0/s1. The van der Waals surface area contributed by atoms with Crippen molar-refractivity contribution in [3.63, 3.8) is 0 Å². The van der Waals surface area contributed by atoms with Crippen LogP contribution in [0.4, 0.5) is 5.69 Å². The predicted octanol–water partition coefficient (Wildman–Crippen LogP) is 5.76. The minimum Gasteiger partial charge on any atom is -0.484 e. The number of carbonyl (C=O) groups excluding carboxylic acids is 1. The number of amides is 1. The number of halogens is 1. The van der Waals surface area contributed by atoms with Crippen molar-refractivity contribution in [1.29, 1.82) is 0 Å². The number of nitrogens with one attached hydrogen (secondary N) is 1. The van der Waals surface area contributed by atoms with Crippen LogP contribution < -0.4 is 19.1 Å². The molecule has 1 atom stereocenters. The molecule has 0 saturated heterocycles. The van der Waals surface area contributed by atoms with Gasteiger partial charge in [0.2, 0.25) is 10.0 Å². The van der Waals surface area contributed by atoms with E-state index in [1.165, 1.54) is 6.07 Å². The van der Waals surface area contributed by atoms with E-state index in [9.17, 15) is 18.3 Å². The van der Waals surface area contributed by atoms with E-state index >= 15 is 0 Å². The monoisotopic (exact) mass is 732 g/mol. The third-order valence-corrected chi connectivity index (χ3v) is 11.9. The fourth-order valence-electron chi connectivity index (χ4n) is 3.71. The van der Waals surface area contributed by atoms with Gasteiger partial charge < -0.3 is 29.4 Å². The molecular weight excluding hydrogens is 684 g/mol. The van der Waals surface area contributed by atoms with Crippen LogP contribution in [0.2, 0.25) is 51.4 Å². The fourth-order valence-corrected chi connectivity index (χ4v) is 6.23. The van der Waals surface area contributed by atoms with E-state index in [-0.39, 0.29) is 38.1 Å². The molecule has 0 aliphatic heterocycles. The first-order valence-electron chi connectivity index (χ1n) is 14.6. The molecule has 248 valence electrons. The molecule has 14 heteroatoms. The summed E-state index contributed by atoms with van der Waals surface area (Å²) < 4.78 is 50.8. The van der Waals surface area contributed by atoms with E-state index in [0.29, 0.717) is 24.5 Å². The first-order chi connectivity index (χ1) is 20.4. The van der Waals surface area contributed by atoms with E-state index in [1.807, 2.05) is 19.1 Å². The SMILES string of the molecule is Cc1cc(OCC(=O)NC[C@H](O)c2ccc(OCOCC[Si](C)(C)C)c(N(COCC[Si](C)(C)C)S(C)(=O)=O)c2)ccc1Br. The number of anilines is 1. The van der Waals surface area contributed by atoms with Crippen molar-refractivity contribution in [3.8, 4) is 11.5 Å². The molecule has 0 aliphatic carbocycles. The van der Waals surface area contributed by atoms with Gasteiger partial charge in [-0.25, -0.2) is 12.7 Å². The van der Waals surface area contributed by atoms with Crippen molar-refractivity contribution < 1.29 is 37.3 Å². The molecule has 2 N–H and O–H groups in total. The van der Waals surface area contributed by atoms with E-state index in [2.05, 4.69) is 60.5 Å². The molecule has 44 heavy (non-hydrogen) atoms. The maximum atomic E-state index is 12.9. The summed E-state index contributed by atoms with van der Waals surface area (Å²) in [5.74, 6) is 0.420. The number of hydrogen-bond acceptors (Lipinski definition) is 8. The number of hydrogen-bond donors (Lipinski definition) is 2. The van der Waals surface area contributed by atoms with Gasteiger partial charge in [-0.15, -0.1) is 0 Å². The van der Waals surface area contributed by atoms with Crippen LogP contribution in [0, 0.1) is 6.92 Å². The van der Waals surface area contributed by atoms with Crippen molar-refractivity contribution >= 4 is 53.7 Å². The molecule has 0 aromatic heterocycles. The maximum absolute atomic E-state index is 12.9. The van der Waals surface area contributed by atoms with Crippen molar-refractivity contribution in [2.45, 2.75) is 64.4 Å². The summed E-state index contributed by atoms with van der Waals surface area (Å²) in [4.78, 5) is 12.4. The lowest BCUT2D eigenvalue weighted by Crippen LogP contribution is -2.34. The summed E-state index contributed by atoms with van der Waals surface area (Å²) in [6, 6.07) is 12.0. The van der Waals surface area contributed by atoms with Crippen LogP contribution in [0.5, 0.6) is 11.5 Å². The topological polar surface area (TPSA) is 124 Å². The summed E-state index contributed by atoms with van der Waals surface area (Å²) in [6.07, 6.45) is -0.0248. The van der Waals surface area contributed by atoms with Gasteiger partial charge >= 0.3 is 0 Å². The molecule has 2 aromatic rings. The molecular formula is C30H49BrN2O8SSi2. The number of aliphatic hydroxyl groups excluding tert-OH is 1. The molecule has 0 saturated carbocycles. The largest absolute Gasteiger partial charge is 0.484 e. The lowest BCUT2D eigenvalue weighted by molar-refractivity contribution is -0.123. The third kappa shape index (κ3) is 14.4. The van der Waals surface area contributed by atoms with E-state index in [1.54, 1.807) is 18.2 Å². The van der Waals surface area contributed by atoms with Crippen LogP contribution >= 0.6 is 15.9 Å². The van der Waals surface area contributed by atoms with E-state index in [0.717, 1.165) is 32.7 Å². The van der Waals surface area contributed by atoms with Crippen molar-refractivity contribution in [1.82, 2.24) is 5.32 Å². The molecule has 1 amide bonds. The number of sulfonamides is 1. The fraction of sp³-hybridized carbons (Fsp3) is 0.567. The van der Waals surface area contributed by atoms with Gasteiger partial charge in [0.15, 0.2) is 13.4 Å². The second-order valence-corrected chi connectivity index (χ2v) is 27.2. The van der Waals surface area contributed by atoms with E-state index < -0.39 is 38.2 Å². The number of benzene rings is 2. The van der Waals surface area contributed by atoms with Crippen LogP contribution in [-0.4, -0.2) is 81.7 Å². The van der Waals surface area contributed by atoms with Crippen LogP contribution in [0.25, 0.3) is 0 Å². The molecule has 0 bridgehead atoms. The lowest BCUT2D eigenvalue weighted by atomic mass is 10.1. The predicted molar refractivity (Wildman–Crippen MR) is 185 cm³/mol. The third-order valence-electron chi connectivity index (χ3n) is 6.53. The second-order valence-electron chi connectivity index (χ2n) is 13.2. The van der Waals surface area contributed by atoms with Crippen LogP contribution in [0.1, 0.15) is 17.2 Å². The average molecular weight is 734 g/mol. The number of nitrogens with zero attached hydrogens (tertiary/aromatic N) is 1. The molecule has 10 nitrogen and oxygen atoms in total. The highest BCUT2D eigenvalue weighted by molar-refractivity contribution is 9.10. The van der Waals surface area contributed by atoms with Crippen LogP contribution in [-0.2, 0) is 24.3 Å². The number of aliphatic hydroxyl groups is 1. The Hall–Kier alpha value is -1.95. The van der Waals surface area contributed by atoms with Gasteiger partial charge in [0.05, 0.1) is 18.0 Å². The molecule has 2 rings (SSSR count). The molecule has 0 heterocycles. The molecule has 0 fully saturated rings. The van der Waals surface area contributed by atoms with Crippen molar-refractivity contribution in [2.75, 3.05) is 50.5 Å². The summed E-state index contributed by atoms with van der Waals surface area (Å²) in [5, 5.41) is 13.6. The summed E-state index contributed by atoms with van der Waals surface area (Å²) in [6.45, 7) is 15.7. The maximum Gasteiger partial charge on any atom is 0.258 e. The van der Waals surface area contributed by atoms with Gasteiger partial charge in [-0.1, -0.05) is 61.3 Å². The highest BCUT2D eigenvalue weighted by Gasteiger charge is 2.24. The lowest BCUT2D eigenvalue weighted by Gasteiger charge is -2.26. The Labute approximate surface area is 273 Å². The summed E-state index contributed by atoms with van der Waals surface area (Å²) >= 11 is 3.43. The minimum atomic E-state index is -3.79. The summed E-state index contributed by atoms with van der Waals surface area (Å²) in [7, 11) is -6.46. The zero-order chi connectivity index (χ0) is 33.1. The van der Waals surface area contributed by atoms with Crippen molar-refractivity contribution in [3.05, 3.63) is 52.0 Å². The molecule has 0 unspecified atom stereocenters. The molecule has 0 aliphatic rings. The molecule has 0 radical (unpaired) electrons. The Balaban J connectivity index is 2.16. The number of ether oxygens (including phenoxy) is 4. The Morgan fingerprint density at radius 3 is 2.20 bits per heavy atom. The molecule has 2 aromatic carbocycles. The van der Waals surface area contributed by atoms with Gasteiger partial charge in [0.25, 0.3) is 5.91 Å². The first kappa shape index (κ1) is 38.2. The van der Waals surface area contributed by atoms with Crippen molar-refractivity contribution in [2.24, 2.45) is 0 Å². The normalized spacial score (nSPS) is 13.0. The Bertz CT molecular complexity index is 1330. The Morgan fingerprint density at radius 2 is 1.61 bits per heavy atom. The number of aryl methyl sites for hydroxylation is 1. The van der Waals surface area contributed by atoms with Crippen LogP contribution in [0.3, 0.4) is 0 Å². The quantitative estimate of drug-likeness (QED) is 0.106. The van der Waals surface area contributed by atoms with E-state index in [4.69, 9.17) is 18.9 Å². The Kier molecular flexibility index (Phi) is 14.9. The van der Waals surface area contributed by atoms with Gasteiger partial charge in [-0.3, -0.25) is 4.79 Å². The molecule has 0 spiro atoms. The van der Waals surface area contributed by atoms with Crippen LogP contribution in [0.15, 0.2) is 40.9 Å². The van der Waals surface area contributed by atoms with Gasteiger partial charge in [0, 0.05) is 40.4 Å². The number of rotatable bonds is 19. The first-order valence-corrected chi connectivity index (χ1v) is 24.6. The second kappa shape index (κ2) is 17.1. The summed E-state index contributed by atoms with van der Waals surface area (Å²) in [5.41, 5.74) is 1.59. The number of carbonyl (C=O) groups is 1. The average Bonchev–Trinajstić information content (AvgIpc) is 2.90. The van der Waals surface area contributed by atoms with Gasteiger partial charge in [0.1, 0.15) is 18.2 Å². The zero-order valence-electron chi connectivity index (χ0n) is 27.2. The Morgan fingerprint density at radius 1 is 0.977 bits per heavy atom. The zero-order valence-corrected chi connectivity index (χ0v) is 31.6. The smallest absolute Gasteiger partial charge is 0.258 e.